The lowest BCUT2D eigenvalue weighted by Gasteiger charge is -2.10. The second kappa shape index (κ2) is 6.60. The van der Waals surface area contributed by atoms with Crippen molar-refractivity contribution in [3.05, 3.63) is 115 Å². The second-order valence-corrected chi connectivity index (χ2v) is 8.20. The largest absolute Gasteiger partial charge is 0.455 e. The summed E-state index contributed by atoms with van der Waals surface area (Å²) < 4.78 is 8.75. The van der Waals surface area contributed by atoms with Gasteiger partial charge >= 0.3 is 0 Å². The first-order chi connectivity index (χ1) is 15.9. The van der Waals surface area contributed by atoms with Crippen LogP contribution in [0.4, 0.5) is 0 Å². The molecule has 2 heteroatoms. The lowest BCUT2D eigenvalue weighted by atomic mass is 10.1. The predicted molar refractivity (Wildman–Crippen MR) is 133 cm³/mol. The van der Waals surface area contributed by atoms with E-state index in [1.54, 1.807) is 0 Å². The van der Waals surface area contributed by atoms with Gasteiger partial charge in [0, 0.05) is 21.8 Å². The molecule has 0 aliphatic carbocycles. The molecule has 0 atom stereocenters. The van der Waals surface area contributed by atoms with E-state index in [1.165, 1.54) is 27.4 Å². The Kier molecular flexibility index (Phi) is 3.58. The van der Waals surface area contributed by atoms with E-state index in [0.717, 1.165) is 33.1 Å². The van der Waals surface area contributed by atoms with Crippen LogP contribution in [0.25, 0.3) is 60.6 Å². The molecule has 0 saturated heterocycles. The van der Waals surface area contributed by atoms with Crippen LogP contribution in [-0.4, -0.2) is 4.57 Å². The molecule has 7 aromatic rings. The van der Waals surface area contributed by atoms with Crippen molar-refractivity contribution in [1.29, 1.82) is 0 Å². The highest BCUT2D eigenvalue weighted by atomic mass is 16.3. The van der Waals surface area contributed by atoms with Gasteiger partial charge in [-0.1, -0.05) is 78.9 Å². The molecule has 0 bridgehead atoms. The van der Waals surface area contributed by atoms with Gasteiger partial charge in [0.1, 0.15) is 11.2 Å². The van der Waals surface area contributed by atoms with Gasteiger partial charge in [0.05, 0.1) is 16.4 Å². The molecule has 32 heavy (non-hydrogen) atoms. The van der Waals surface area contributed by atoms with Crippen molar-refractivity contribution in [3.8, 4) is 16.8 Å². The number of hydrogen-bond donors (Lipinski definition) is 0. The molecule has 0 N–H and O–H groups in total. The monoisotopic (exact) mass is 409 g/mol. The van der Waals surface area contributed by atoms with Crippen molar-refractivity contribution in [2.45, 2.75) is 0 Å². The van der Waals surface area contributed by atoms with Crippen molar-refractivity contribution in [2.24, 2.45) is 0 Å². The van der Waals surface area contributed by atoms with Crippen LogP contribution in [0.1, 0.15) is 0 Å². The highest BCUT2D eigenvalue weighted by Gasteiger charge is 2.18. The Morgan fingerprint density at radius 2 is 1.25 bits per heavy atom. The first-order valence-electron chi connectivity index (χ1n) is 10.9. The van der Waals surface area contributed by atoms with E-state index in [4.69, 9.17) is 4.42 Å². The first kappa shape index (κ1) is 17.4. The average molecular weight is 409 g/mol. The minimum absolute atomic E-state index is 0.929. The Labute approximate surface area is 184 Å². The molecule has 0 saturated carbocycles. The summed E-state index contributed by atoms with van der Waals surface area (Å²) in [4.78, 5) is 0. The van der Waals surface area contributed by atoms with E-state index >= 15 is 0 Å². The molecule has 2 aromatic heterocycles. The number of furan rings is 1. The van der Waals surface area contributed by atoms with E-state index in [9.17, 15) is 0 Å². The number of fused-ring (bicyclic) bond motifs is 7. The molecule has 5 aromatic carbocycles. The maximum absolute atomic E-state index is 6.40. The van der Waals surface area contributed by atoms with E-state index in [1.807, 2.05) is 12.1 Å². The van der Waals surface area contributed by atoms with Crippen molar-refractivity contribution in [1.82, 2.24) is 4.57 Å². The van der Waals surface area contributed by atoms with E-state index < -0.39 is 0 Å². The molecule has 0 unspecified atom stereocenters. The van der Waals surface area contributed by atoms with Gasteiger partial charge in [-0.2, -0.15) is 0 Å². The molecule has 0 aliphatic heterocycles. The third kappa shape index (κ3) is 2.41. The zero-order valence-electron chi connectivity index (χ0n) is 17.3. The van der Waals surface area contributed by atoms with Gasteiger partial charge in [-0.25, -0.2) is 0 Å². The predicted octanol–water partition coefficient (Wildman–Crippen LogP) is 8.35. The van der Waals surface area contributed by atoms with Crippen LogP contribution < -0.4 is 0 Å². The molecular formula is C30H19NO. The smallest absolute Gasteiger partial charge is 0.145 e. The van der Waals surface area contributed by atoms with Crippen LogP contribution in [0.2, 0.25) is 0 Å². The van der Waals surface area contributed by atoms with Crippen molar-refractivity contribution < 1.29 is 4.42 Å². The lowest BCUT2D eigenvalue weighted by molar-refractivity contribution is 0.673. The number of nitrogens with zero attached hydrogens (tertiary/aromatic N) is 1. The fraction of sp³-hybridized carbons (Fsp3) is 0. The zero-order valence-corrected chi connectivity index (χ0v) is 17.3. The average Bonchev–Trinajstić information content (AvgIpc) is 3.40. The maximum Gasteiger partial charge on any atom is 0.145 e. The molecule has 0 radical (unpaired) electrons. The fourth-order valence-electron chi connectivity index (χ4n) is 4.97. The molecule has 0 fully saturated rings. The van der Waals surface area contributed by atoms with Gasteiger partial charge in [0.15, 0.2) is 0 Å². The Morgan fingerprint density at radius 1 is 0.500 bits per heavy atom. The topological polar surface area (TPSA) is 18.1 Å². The minimum Gasteiger partial charge on any atom is -0.455 e. The summed E-state index contributed by atoms with van der Waals surface area (Å²) in [5, 5.41) is 4.69. The molecule has 150 valence electrons. The van der Waals surface area contributed by atoms with Crippen LogP contribution in [0.5, 0.6) is 0 Å². The third-order valence-electron chi connectivity index (χ3n) is 6.39. The number of aromatic nitrogens is 1. The lowest BCUT2D eigenvalue weighted by Crippen LogP contribution is -1.94. The highest BCUT2D eigenvalue weighted by molar-refractivity contribution is 6.23. The summed E-state index contributed by atoms with van der Waals surface area (Å²) >= 11 is 0. The van der Waals surface area contributed by atoms with Crippen LogP contribution >= 0.6 is 0 Å². The molecular weight excluding hydrogens is 390 g/mol. The molecule has 0 aliphatic rings. The summed E-state index contributed by atoms with van der Waals surface area (Å²) in [5.74, 6) is 0. The number of hydrogen-bond acceptors (Lipinski definition) is 1. The van der Waals surface area contributed by atoms with Crippen molar-refractivity contribution in [2.75, 3.05) is 0 Å². The van der Waals surface area contributed by atoms with Gasteiger partial charge in [-0.05, 0) is 47.5 Å². The minimum atomic E-state index is 0.929. The highest BCUT2D eigenvalue weighted by Crippen LogP contribution is 2.40. The zero-order chi connectivity index (χ0) is 21.1. The Hall–Kier alpha value is -4.30. The SMILES string of the molecule is c1ccc(-c2cccc(-n3c4ccccc4c4c5oc6ccccc6c5ccc43)c2)cc1. The van der Waals surface area contributed by atoms with E-state index in [0.29, 0.717) is 0 Å². The molecule has 2 nitrogen and oxygen atoms in total. The Bertz CT molecular complexity index is 1770. The van der Waals surface area contributed by atoms with Gasteiger partial charge in [-0.15, -0.1) is 0 Å². The molecule has 2 heterocycles. The number of para-hydroxylation sites is 2. The molecule has 0 spiro atoms. The number of rotatable bonds is 2. The van der Waals surface area contributed by atoms with Crippen molar-refractivity contribution in [3.63, 3.8) is 0 Å². The van der Waals surface area contributed by atoms with Crippen LogP contribution in [0.3, 0.4) is 0 Å². The first-order valence-corrected chi connectivity index (χ1v) is 10.9. The standard InChI is InChI=1S/C30H19NO/c1-2-9-20(10-3-1)21-11-8-12-22(19-21)31-26-15-6-4-14-25(26)29-27(31)18-17-24-23-13-5-7-16-28(23)32-30(24)29/h1-19H. The summed E-state index contributed by atoms with van der Waals surface area (Å²) in [6.07, 6.45) is 0. The van der Waals surface area contributed by atoms with Crippen molar-refractivity contribution >= 4 is 43.7 Å². The van der Waals surface area contributed by atoms with E-state index in [2.05, 4.69) is 108 Å². The third-order valence-corrected chi connectivity index (χ3v) is 6.39. The summed E-state index contributed by atoms with van der Waals surface area (Å²) in [7, 11) is 0. The van der Waals surface area contributed by atoms with Gasteiger partial charge in [-0.3, -0.25) is 0 Å². The van der Waals surface area contributed by atoms with E-state index in [-0.39, 0.29) is 0 Å². The summed E-state index contributed by atoms with van der Waals surface area (Å²) in [5.41, 5.74) is 7.79. The molecule has 0 amide bonds. The normalized spacial score (nSPS) is 11.8. The fourth-order valence-corrected chi connectivity index (χ4v) is 4.97. The van der Waals surface area contributed by atoms with Crippen LogP contribution in [0.15, 0.2) is 120 Å². The van der Waals surface area contributed by atoms with Gasteiger partial charge in [0.2, 0.25) is 0 Å². The summed E-state index contributed by atoms with van der Waals surface area (Å²) in [6.45, 7) is 0. The van der Waals surface area contributed by atoms with Crippen LogP contribution in [-0.2, 0) is 0 Å². The van der Waals surface area contributed by atoms with Gasteiger partial charge < -0.3 is 8.98 Å². The van der Waals surface area contributed by atoms with Gasteiger partial charge in [0.25, 0.3) is 0 Å². The summed E-state index contributed by atoms with van der Waals surface area (Å²) in [6, 6.07) is 40.6. The Balaban J connectivity index is 1.59. The quantitative estimate of drug-likeness (QED) is 0.280. The maximum atomic E-state index is 6.40. The Morgan fingerprint density at radius 3 is 2.16 bits per heavy atom. The number of benzene rings is 5. The molecule has 7 rings (SSSR count). The van der Waals surface area contributed by atoms with Crippen LogP contribution in [0, 0.1) is 0 Å². The second-order valence-electron chi connectivity index (χ2n) is 8.20.